The molecular formula is C15H24O2. The number of hydrogen-bond acceptors (Lipinski definition) is 2. The Morgan fingerprint density at radius 1 is 1.06 bits per heavy atom. The van der Waals surface area contributed by atoms with E-state index in [-0.39, 0.29) is 5.41 Å². The third-order valence-electron chi connectivity index (χ3n) is 3.38. The van der Waals surface area contributed by atoms with Gasteiger partial charge in [0.05, 0.1) is 7.11 Å². The van der Waals surface area contributed by atoms with Gasteiger partial charge in [0.1, 0.15) is 5.75 Å². The molecule has 1 aliphatic rings. The van der Waals surface area contributed by atoms with Crippen molar-refractivity contribution < 1.29 is 9.47 Å². The summed E-state index contributed by atoms with van der Waals surface area (Å²) in [6.45, 7) is 8.07. The molecule has 0 radical (unpaired) electrons. The highest BCUT2D eigenvalue weighted by atomic mass is 16.5. The number of rotatable bonds is 2. The second-order valence-electron chi connectivity index (χ2n) is 4.40. The Morgan fingerprint density at radius 2 is 1.59 bits per heavy atom. The first-order valence-electron chi connectivity index (χ1n) is 6.47. The topological polar surface area (TPSA) is 18.5 Å². The summed E-state index contributed by atoms with van der Waals surface area (Å²) in [5.74, 6) is 0.925. The lowest BCUT2D eigenvalue weighted by Gasteiger charge is -2.34. The summed E-state index contributed by atoms with van der Waals surface area (Å²) in [6.07, 6.45) is 2.22. The molecule has 0 atom stereocenters. The lowest BCUT2D eigenvalue weighted by atomic mass is 9.76. The van der Waals surface area contributed by atoms with Crippen LogP contribution in [0.15, 0.2) is 24.3 Å². The predicted octanol–water partition coefficient (Wildman–Crippen LogP) is 3.79. The van der Waals surface area contributed by atoms with Crippen LogP contribution in [0.25, 0.3) is 0 Å². The van der Waals surface area contributed by atoms with Crippen molar-refractivity contribution in [1.82, 2.24) is 0 Å². The summed E-state index contributed by atoms with van der Waals surface area (Å²) < 4.78 is 10.6. The van der Waals surface area contributed by atoms with Crippen molar-refractivity contribution in [2.24, 2.45) is 0 Å². The minimum atomic E-state index is 0.282. The van der Waals surface area contributed by atoms with Crippen LogP contribution in [0.4, 0.5) is 0 Å². The van der Waals surface area contributed by atoms with E-state index in [1.165, 1.54) is 5.56 Å². The lowest BCUT2D eigenvalue weighted by Crippen LogP contribution is -2.30. The second-order valence-corrected chi connectivity index (χ2v) is 4.40. The Kier molecular flexibility index (Phi) is 5.49. The van der Waals surface area contributed by atoms with Gasteiger partial charge in [-0.1, -0.05) is 32.9 Å². The molecule has 2 nitrogen and oxygen atoms in total. The van der Waals surface area contributed by atoms with E-state index in [1.54, 1.807) is 7.11 Å². The Bertz CT molecular complexity index is 310. The Hall–Kier alpha value is -1.02. The molecule has 1 aromatic carbocycles. The van der Waals surface area contributed by atoms with Gasteiger partial charge in [0.15, 0.2) is 0 Å². The molecule has 1 heterocycles. The number of benzene rings is 1. The molecule has 0 aliphatic carbocycles. The first-order chi connectivity index (χ1) is 8.24. The third-order valence-corrected chi connectivity index (χ3v) is 3.38. The lowest BCUT2D eigenvalue weighted by molar-refractivity contribution is 0.0564. The van der Waals surface area contributed by atoms with E-state index in [9.17, 15) is 0 Å². The SMILES string of the molecule is CC.COc1ccc(C2(C)CCOCC2)cc1. The van der Waals surface area contributed by atoms with E-state index >= 15 is 0 Å². The fourth-order valence-electron chi connectivity index (χ4n) is 2.10. The fraction of sp³-hybridized carbons (Fsp3) is 0.600. The summed E-state index contributed by atoms with van der Waals surface area (Å²) in [4.78, 5) is 0. The Morgan fingerprint density at radius 3 is 2.06 bits per heavy atom. The van der Waals surface area contributed by atoms with Gasteiger partial charge in [0.2, 0.25) is 0 Å². The number of ether oxygens (including phenoxy) is 2. The van der Waals surface area contributed by atoms with E-state index in [0.717, 1.165) is 31.8 Å². The van der Waals surface area contributed by atoms with E-state index in [4.69, 9.17) is 9.47 Å². The predicted molar refractivity (Wildman–Crippen MR) is 71.7 cm³/mol. The highest BCUT2D eigenvalue weighted by molar-refractivity contribution is 5.32. The van der Waals surface area contributed by atoms with Gasteiger partial charge in [-0.05, 0) is 36.0 Å². The quantitative estimate of drug-likeness (QED) is 0.777. The van der Waals surface area contributed by atoms with Gasteiger partial charge < -0.3 is 9.47 Å². The molecule has 0 N–H and O–H groups in total. The molecule has 1 aromatic rings. The normalized spacial score (nSPS) is 17.9. The van der Waals surface area contributed by atoms with Crippen molar-refractivity contribution in [3.8, 4) is 5.75 Å². The van der Waals surface area contributed by atoms with E-state index in [2.05, 4.69) is 19.1 Å². The molecule has 1 aliphatic heterocycles. The molecule has 0 saturated carbocycles. The molecule has 96 valence electrons. The zero-order chi connectivity index (χ0) is 12.7. The van der Waals surface area contributed by atoms with Crippen LogP contribution in [0, 0.1) is 0 Å². The van der Waals surface area contributed by atoms with Crippen LogP contribution in [0.5, 0.6) is 5.75 Å². The van der Waals surface area contributed by atoms with Gasteiger partial charge in [-0.25, -0.2) is 0 Å². The van der Waals surface area contributed by atoms with Gasteiger partial charge in [0.25, 0.3) is 0 Å². The summed E-state index contributed by atoms with van der Waals surface area (Å²) in [6, 6.07) is 8.42. The van der Waals surface area contributed by atoms with Crippen LogP contribution in [0.3, 0.4) is 0 Å². The number of hydrogen-bond donors (Lipinski definition) is 0. The zero-order valence-corrected chi connectivity index (χ0v) is 11.5. The maximum Gasteiger partial charge on any atom is 0.118 e. The molecule has 17 heavy (non-hydrogen) atoms. The standard InChI is InChI=1S/C13H18O2.C2H6/c1-13(7-9-15-10-8-13)11-3-5-12(14-2)6-4-11;1-2/h3-6H,7-10H2,1-2H3;1-2H3. The second kappa shape index (κ2) is 6.65. The molecule has 2 rings (SSSR count). The molecule has 1 saturated heterocycles. The van der Waals surface area contributed by atoms with Gasteiger partial charge in [-0.15, -0.1) is 0 Å². The van der Waals surface area contributed by atoms with E-state index < -0.39 is 0 Å². The van der Waals surface area contributed by atoms with Crippen LogP contribution in [-0.4, -0.2) is 20.3 Å². The molecule has 1 fully saturated rings. The first-order valence-corrected chi connectivity index (χ1v) is 6.47. The van der Waals surface area contributed by atoms with Gasteiger partial charge in [0, 0.05) is 13.2 Å². The fourth-order valence-corrected chi connectivity index (χ4v) is 2.10. The zero-order valence-electron chi connectivity index (χ0n) is 11.5. The summed E-state index contributed by atoms with van der Waals surface area (Å²) in [5, 5.41) is 0. The molecule has 0 aromatic heterocycles. The third kappa shape index (κ3) is 3.47. The van der Waals surface area contributed by atoms with Crippen molar-refractivity contribution in [1.29, 1.82) is 0 Å². The first kappa shape index (κ1) is 14.0. The summed E-state index contributed by atoms with van der Waals surface area (Å²) in [7, 11) is 1.70. The summed E-state index contributed by atoms with van der Waals surface area (Å²) in [5.41, 5.74) is 1.68. The average Bonchev–Trinajstić information content (AvgIpc) is 2.42. The van der Waals surface area contributed by atoms with E-state index in [1.807, 2.05) is 26.0 Å². The van der Waals surface area contributed by atoms with Gasteiger partial charge in [-0.3, -0.25) is 0 Å². The van der Waals surface area contributed by atoms with Gasteiger partial charge >= 0.3 is 0 Å². The Labute approximate surface area is 105 Å². The maximum absolute atomic E-state index is 5.41. The van der Waals surface area contributed by atoms with E-state index in [0.29, 0.717) is 0 Å². The molecular weight excluding hydrogens is 212 g/mol. The molecule has 0 amide bonds. The molecule has 0 unspecified atom stereocenters. The van der Waals surface area contributed by atoms with Crippen molar-refractivity contribution in [3.63, 3.8) is 0 Å². The van der Waals surface area contributed by atoms with Crippen LogP contribution in [-0.2, 0) is 10.2 Å². The maximum atomic E-state index is 5.41. The highest BCUT2D eigenvalue weighted by Crippen LogP contribution is 2.34. The largest absolute Gasteiger partial charge is 0.497 e. The van der Waals surface area contributed by atoms with Crippen molar-refractivity contribution in [2.45, 2.75) is 39.0 Å². The minimum absolute atomic E-state index is 0.282. The van der Waals surface area contributed by atoms with Crippen LogP contribution >= 0.6 is 0 Å². The van der Waals surface area contributed by atoms with Crippen LogP contribution < -0.4 is 4.74 Å². The Balaban J connectivity index is 0.000000686. The summed E-state index contributed by atoms with van der Waals surface area (Å²) >= 11 is 0. The van der Waals surface area contributed by atoms with Crippen molar-refractivity contribution in [2.75, 3.05) is 20.3 Å². The average molecular weight is 236 g/mol. The molecule has 0 bridgehead atoms. The van der Waals surface area contributed by atoms with Gasteiger partial charge in [-0.2, -0.15) is 0 Å². The van der Waals surface area contributed by atoms with Crippen molar-refractivity contribution in [3.05, 3.63) is 29.8 Å². The molecule has 2 heteroatoms. The smallest absolute Gasteiger partial charge is 0.118 e. The van der Waals surface area contributed by atoms with Crippen molar-refractivity contribution >= 4 is 0 Å². The molecule has 0 spiro atoms. The number of methoxy groups -OCH3 is 1. The minimum Gasteiger partial charge on any atom is -0.497 e. The highest BCUT2D eigenvalue weighted by Gasteiger charge is 2.28. The van der Waals surface area contributed by atoms with Crippen LogP contribution in [0.2, 0.25) is 0 Å². The monoisotopic (exact) mass is 236 g/mol. The van der Waals surface area contributed by atoms with Crippen LogP contribution in [0.1, 0.15) is 39.2 Å².